The fourth-order valence-electron chi connectivity index (χ4n) is 2.69. The lowest BCUT2D eigenvalue weighted by molar-refractivity contribution is -0.159. The SMILES string of the molecule is CC(C)(C)[Si](C)(C)OC1C(=O)C=CC2(NC(=O)C2=O)C1O[Si](C)(C)C. The van der Waals surface area contributed by atoms with Crippen molar-refractivity contribution >= 4 is 34.1 Å². The van der Waals surface area contributed by atoms with E-state index in [1.807, 2.05) is 19.6 Å². The quantitative estimate of drug-likeness (QED) is 0.457. The maximum atomic E-state index is 12.6. The second-order valence-corrected chi connectivity index (χ2v) is 18.6. The molecule has 1 spiro atoms. The Labute approximate surface area is 151 Å². The van der Waals surface area contributed by atoms with Crippen molar-refractivity contribution in [3.8, 4) is 0 Å². The molecule has 0 aromatic carbocycles. The van der Waals surface area contributed by atoms with E-state index in [1.165, 1.54) is 12.2 Å². The van der Waals surface area contributed by atoms with Gasteiger partial charge in [0.2, 0.25) is 0 Å². The van der Waals surface area contributed by atoms with Crippen molar-refractivity contribution in [2.24, 2.45) is 0 Å². The van der Waals surface area contributed by atoms with Crippen LogP contribution in [0.4, 0.5) is 0 Å². The summed E-state index contributed by atoms with van der Waals surface area (Å²) in [7, 11) is -4.40. The van der Waals surface area contributed by atoms with E-state index < -0.39 is 46.1 Å². The molecule has 1 fully saturated rings. The second-order valence-electron chi connectivity index (χ2n) is 9.34. The van der Waals surface area contributed by atoms with Crippen molar-refractivity contribution in [2.75, 3.05) is 0 Å². The number of carbonyl (C=O) groups excluding carboxylic acids is 3. The summed E-state index contributed by atoms with van der Waals surface area (Å²) < 4.78 is 12.6. The Morgan fingerprint density at radius 1 is 1.04 bits per heavy atom. The Hall–Kier alpha value is -1.10. The highest BCUT2D eigenvalue weighted by Crippen LogP contribution is 2.41. The third-order valence-electron chi connectivity index (χ3n) is 5.13. The fourth-order valence-corrected chi connectivity index (χ4v) is 4.98. The molecule has 0 aromatic heterocycles. The first-order valence-electron chi connectivity index (χ1n) is 8.56. The van der Waals surface area contributed by atoms with Gasteiger partial charge in [-0.05, 0) is 49.9 Å². The van der Waals surface area contributed by atoms with Crippen molar-refractivity contribution in [3.05, 3.63) is 12.2 Å². The van der Waals surface area contributed by atoms with Gasteiger partial charge in [-0.3, -0.25) is 14.4 Å². The maximum absolute atomic E-state index is 12.6. The second kappa shape index (κ2) is 5.97. The first-order chi connectivity index (χ1) is 11.1. The molecule has 25 heavy (non-hydrogen) atoms. The Morgan fingerprint density at radius 3 is 2.00 bits per heavy atom. The molecule has 1 saturated heterocycles. The van der Waals surface area contributed by atoms with E-state index >= 15 is 0 Å². The molecule has 1 aliphatic heterocycles. The average Bonchev–Trinajstić information content (AvgIpc) is 2.42. The lowest BCUT2D eigenvalue weighted by Gasteiger charge is -2.51. The molecule has 6 nitrogen and oxygen atoms in total. The molecule has 2 aliphatic rings. The van der Waals surface area contributed by atoms with Crippen LogP contribution in [-0.4, -0.2) is 51.9 Å². The summed E-state index contributed by atoms with van der Waals surface area (Å²) in [6, 6.07) is 0. The number of β-lactam (4-membered cyclic amide) rings is 1. The first-order valence-corrected chi connectivity index (χ1v) is 14.9. The van der Waals surface area contributed by atoms with Crippen LogP contribution in [0.25, 0.3) is 0 Å². The van der Waals surface area contributed by atoms with Crippen molar-refractivity contribution in [3.63, 3.8) is 0 Å². The number of nitrogens with one attached hydrogen (secondary N) is 1. The maximum Gasteiger partial charge on any atom is 0.291 e. The molecule has 1 amide bonds. The number of rotatable bonds is 4. The molecular weight excluding hydrogens is 354 g/mol. The molecule has 0 radical (unpaired) electrons. The highest BCUT2D eigenvalue weighted by molar-refractivity contribution is 6.74. The van der Waals surface area contributed by atoms with Crippen LogP contribution in [0.2, 0.25) is 37.8 Å². The summed E-state index contributed by atoms with van der Waals surface area (Å²) in [6.45, 7) is 16.3. The Morgan fingerprint density at radius 2 is 1.60 bits per heavy atom. The van der Waals surface area contributed by atoms with Crippen LogP contribution in [-0.2, 0) is 23.2 Å². The van der Waals surface area contributed by atoms with Gasteiger partial charge in [-0.15, -0.1) is 0 Å². The summed E-state index contributed by atoms with van der Waals surface area (Å²) >= 11 is 0. The van der Waals surface area contributed by atoms with Crippen LogP contribution in [0.5, 0.6) is 0 Å². The molecule has 3 atom stereocenters. The van der Waals surface area contributed by atoms with Crippen molar-refractivity contribution in [2.45, 2.75) is 76.3 Å². The number of ketones is 2. The van der Waals surface area contributed by atoms with E-state index in [-0.39, 0.29) is 10.8 Å². The fraction of sp³-hybridized carbons (Fsp3) is 0.706. The van der Waals surface area contributed by atoms with E-state index in [2.05, 4.69) is 39.2 Å². The Kier molecular flexibility index (Phi) is 4.83. The van der Waals surface area contributed by atoms with Crippen LogP contribution in [0.1, 0.15) is 20.8 Å². The average molecular weight is 384 g/mol. The van der Waals surface area contributed by atoms with Gasteiger partial charge in [0.15, 0.2) is 28.0 Å². The van der Waals surface area contributed by atoms with Gasteiger partial charge in [0.1, 0.15) is 12.2 Å². The molecule has 8 heteroatoms. The Bertz CT molecular complexity index is 644. The molecule has 0 bridgehead atoms. The smallest absolute Gasteiger partial charge is 0.291 e. The molecule has 1 aliphatic carbocycles. The third kappa shape index (κ3) is 3.58. The number of hydrogen-bond acceptors (Lipinski definition) is 5. The summed E-state index contributed by atoms with van der Waals surface area (Å²) in [6.07, 6.45) is 1.10. The van der Waals surface area contributed by atoms with E-state index in [0.717, 1.165) is 0 Å². The van der Waals surface area contributed by atoms with Gasteiger partial charge in [0.05, 0.1) is 0 Å². The van der Waals surface area contributed by atoms with Gasteiger partial charge < -0.3 is 14.2 Å². The summed E-state index contributed by atoms with van der Waals surface area (Å²) in [5.74, 6) is -1.43. The van der Waals surface area contributed by atoms with Gasteiger partial charge >= 0.3 is 0 Å². The Balaban J connectivity index is 2.45. The van der Waals surface area contributed by atoms with Crippen LogP contribution in [0, 0.1) is 0 Å². The number of Topliss-reactive ketones (excluding diaryl/α,β-unsaturated/α-hetero) is 1. The molecule has 1 heterocycles. The predicted octanol–water partition coefficient (Wildman–Crippen LogP) is 2.17. The van der Waals surface area contributed by atoms with Gasteiger partial charge in [-0.1, -0.05) is 20.8 Å². The minimum absolute atomic E-state index is 0.0990. The van der Waals surface area contributed by atoms with Crippen LogP contribution >= 0.6 is 0 Å². The molecule has 2 rings (SSSR count). The number of amides is 1. The minimum atomic E-state index is -2.28. The topological polar surface area (TPSA) is 81.7 Å². The molecule has 3 unspecified atom stereocenters. The lowest BCUT2D eigenvalue weighted by Crippen LogP contribution is -2.79. The van der Waals surface area contributed by atoms with Gasteiger partial charge in [-0.2, -0.15) is 0 Å². The van der Waals surface area contributed by atoms with Gasteiger partial charge in [0.25, 0.3) is 11.7 Å². The monoisotopic (exact) mass is 383 g/mol. The highest BCUT2D eigenvalue weighted by Gasteiger charge is 2.63. The van der Waals surface area contributed by atoms with Crippen molar-refractivity contribution < 1.29 is 23.2 Å². The molecule has 140 valence electrons. The summed E-state index contributed by atoms with van der Waals surface area (Å²) in [5, 5.41) is 2.56. The van der Waals surface area contributed by atoms with Gasteiger partial charge in [-0.25, -0.2) is 0 Å². The van der Waals surface area contributed by atoms with Gasteiger partial charge in [0, 0.05) is 0 Å². The standard InChI is InChI=1S/C17H29NO5Si2/c1-16(2,3)25(7,8)22-12-11(19)9-10-17(13(20)15(21)18-17)14(12)23-24(4,5)6/h9-10,12,14H,1-8H3,(H,18,21). The van der Waals surface area contributed by atoms with Crippen molar-refractivity contribution in [1.82, 2.24) is 5.32 Å². The highest BCUT2D eigenvalue weighted by atomic mass is 28.4. The first kappa shape index (κ1) is 20.2. The predicted molar refractivity (Wildman–Crippen MR) is 100 cm³/mol. The van der Waals surface area contributed by atoms with E-state index in [0.29, 0.717) is 0 Å². The normalized spacial score (nSPS) is 30.5. The molecular formula is C17H29NO5Si2. The number of carbonyl (C=O) groups is 3. The van der Waals surface area contributed by atoms with E-state index in [9.17, 15) is 14.4 Å². The zero-order valence-electron chi connectivity index (χ0n) is 16.4. The molecule has 1 N–H and O–H groups in total. The van der Waals surface area contributed by atoms with Crippen LogP contribution in [0.3, 0.4) is 0 Å². The van der Waals surface area contributed by atoms with Crippen LogP contribution in [0.15, 0.2) is 12.2 Å². The minimum Gasteiger partial charge on any atom is -0.408 e. The third-order valence-corrected chi connectivity index (χ3v) is 10.5. The van der Waals surface area contributed by atoms with Crippen molar-refractivity contribution in [1.29, 1.82) is 0 Å². The largest absolute Gasteiger partial charge is 0.408 e. The lowest BCUT2D eigenvalue weighted by atomic mass is 9.74. The van der Waals surface area contributed by atoms with Crippen LogP contribution < -0.4 is 5.32 Å². The van der Waals surface area contributed by atoms with E-state index in [1.54, 1.807) is 0 Å². The van der Waals surface area contributed by atoms with E-state index in [4.69, 9.17) is 8.85 Å². The number of hydrogen-bond donors (Lipinski definition) is 1. The summed E-state index contributed by atoms with van der Waals surface area (Å²) in [5.41, 5.74) is -1.28. The molecule has 0 saturated carbocycles. The molecule has 0 aromatic rings. The zero-order valence-corrected chi connectivity index (χ0v) is 18.4. The zero-order chi connectivity index (χ0) is 19.4. The summed E-state index contributed by atoms with van der Waals surface area (Å²) in [4.78, 5) is 36.6.